The maximum Gasteiger partial charge on any atom is 0.311 e. The van der Waals surface area contributed by atoms with E-state index in [1.807, 2.05) is 0 Å². The molecule has 0 radical (unpaired) electrons. The maximum absolute atomic E-state index is 11.5. The lowest BCUT2D eigenvalue weighted by atomic mass is 9.97. The fourth-order valence-electron chi connectivity index (χ4n) is 1.25. The Hall–Kier alpha value is -0.610. The summed E-state index contributed by atoms with van der Waals surface area (Å²) in [6, 6.07) is 0. The van der Waals surface area contributed by atoms with Gasteiger partial charge in [0.05, 0.1) is 18.6 Å². The van der Waals surface area contributed by atoms with Crippen molar-refractivity contribution in [1.29, 1.82) is 0 Å². The van der Waals surface area contributed by atoms with Crippen LogP contribution >= 0.6 is 0 Å². The van der Waals surface area contributed by atoms with Crippen LogP contribution in [0.4, 0.5) is 0 Å². The molecule has 0 aromatic heterocycles. The number of hydrogen-bond acceptors (Lipinski definition) is 4. The minimum atomic E-state index is -0.497. The first kappa shape index (κ1) is 11.5. The number of aliphatic hydroxyl groups excluding tert-OH is 1. The van der Waals surface area contributed by atoms with E-state index in [2.05, 4.69) is 0 Å². The summed E-state index contributed by atoms with van der Waals surface area (Å²) in [5, 5.41) is 8.94. The Morgan fingerprint density at radius 1 is 1.57 bits per heavy atom. The van der Waals surface area contributed by atoms with Gasteiger partial charge in [-0.25, -0.2) is 0 Å². The molecular weight excluding hydrogens is 184 g/mol. The summed E-state index contributed by atoms with van der Waals surface area (Å²) < 4.78 is 10.5. The predicted octanol–water partition coefficient (Wildman–Crippen LogP) is 0.726. The predicted molar refractivity (Wildman–Crippen MR) is 50.8 cm³/mol. The third-order valence-electron chi connectivity index (χ3n) is 2.20. The lowest BCUT2D eigenvalue weighted by Crippen LogP contribution is -2.34. The van der Waals surface area contributed by atoms with E-state index in [0.717, 1.165) is 0 Å². The van der Waals surface area contributed by atoms with Crippen LogP contribution in [0.15, 0.2) is 0 Å². The highest BCUT2D eigenvalue weighted by Crippen LogP contribution is 2.22. The Labute approximate surface area is 84.2 Å². The highest BCUT2D eigenvalue weighted by Gasteiger charge is 2.34. The van der Waals surface area contributed by atoms with Crippen LogP contribution < -0.4 is 0 Å². The molecule has 1 fully saturated rings. The van der Waals surface area contributed by atoms with Gasteiger partial charge in [0.25, 0.3) is 0 Å². The Morgan fingerprint density at radius 2 is 2.21 bits per heavy atom. The molecular formula is C10H18O4. The molecule has 1 saturated heterocycles. The summed E-state index contributed by atoms with van der Waals surface area (Å²) in [5.41, 5.74) is -0.497. The average Bonchev–Trinajstić information content (AvgIpc) is 2.50. The third-order valence-corrected chi connectivity index (χ3v) is 2.20. The molecule has 1 N–H and O–H groups in total. The van der Waals surface area contributed by atoms with Crippen molar-refractivity contribution in [3.8, 4) is 0 Å². The number of esters is 1. The van der Waals surface area contributed by atoms with Crippen molar-refractivity contribution in [2.24, 2.45) is 5.41 Å². The smallest absolute Gasteiger partial charge is 0.311 e. The van der Waals surface area contributed by atoms with Gasteiger partial charge in [0.2, 0.25) is 0 Å². The Morgan fingerprint density at radius 3 is 2.71 bits per heavy atom. The van der Waals surface area contributed by atoms with Crippen LogP contribution in [-0.2, 0) is 14.3 Å². The second-order valence-corrected chi connectivity index (χ2v) is 4.57. The van der Waals surface area contributed by atoms with E-state index in [4.69, 9.17) is 14.6 Å². The summed E-state index contributed by atoms with van der Waals surface area (Å²) in [6.07, 6.45) is 0.0422. The van der Waals surface area contributed by atoms with Gasteiger partial charge in [-0.3, -0.25) is 4.79 Å². The molecule has 0 bridgehead atoms. The van der Waals surface area contributed by atoms with Crippen molar-refractivity contribution in [2.45, 2.75) is 39.4 Å². The second-order valence-electron chi connectivity index (χ2n) is 4.57. The summed E-state index contributed by atoms with van der Waals surface area (Å²) in [5.74, 6) is -0.244. The fourth-order valence-corrected chi connectivity index (χ4v) is 1.25. The van der Waals surface area contributed by atoms with Crippen LogP contribution in [0, 0.1) is 5.41 Å². The largest absolute Gasteiger partial charge is 0.459 e. The molecule has 14 heavy (non-hydrogen) atoms. The molecule has 4 nitrogen and oxygen atoms in total. The molecule has 4 heteroatoms. The standard InChI is InChI=1S/C10H18O4/c1-10(2,3)9(12)14-7-4-5-13-8(7)6-11/h7-8,11H,4-6H2,1-3H3. The van der Waals surface area contributed by atoms with Crippen molar-refractivity contribution in [2.75, 3.05) is 13.2 Å². The van der Waals surface area contributed by atoms with Crippen molar-refractivity contribution >= 4 is 5.97 Å². The van der Waals surface area contributed by atoms with Crippen molar-refractivity contribution < 1.29 is 19.4 Å². The first-order chi connectivity index (χ1) is 6.45. The first-order valence-corrected chi connectivity index (χ1v) is 4.88. The highest BCUT2D eigenvalue weighted by atomic mass is 16.6. The van der Waals surface area contributed by atoms with Crippen LogP contribution in [0.3, 0.4) is 0 Å². The van der Waals surface area contributed by atoms with Gasteiger partial charge in [0, 0.05) is 6.42 Å². The molecule has 0 saturated carbocycles. The Bertz CT molecular complexity index is 207. The first-order valence-electron chi connectivity index (χ1n) is 4.88. The van der Waals surface area contributed by atoms with Gasteiger partial charge < -0.3 is 14.6 Å². The van der Waals surface area contributed by atoms with Crippen LogP contribution in [-0.4, -0.2) is 36.5 Å². The van der Waals surface area contributed by atoms with E-state index in [-0.39, 0.29) is 24.8 Å². The average molecular weight is 202 g/mol. The molecule has 82 valence electrons. The molecule has 0 aromatic rings. The van der Waals surface area contributed by atoms with Crippen LogP contribution in [0.2, 0.25) is 0 Å². The lowest BCUT2D eigenvalue weighted by Gasteiger charge is -2.22. The zero-order valence-corrected chi connectivity index (χ0v) is 8.95. The van der Waals surface area contributed by atoms with Crippen molar-refractivity contribution in [1.82, 2.24) is 0 Å². The van der Waals surface area contributed by atoms with Gasteiger partial charge in [-0.1, -0.05) is 0 Å². The molecule has 2 atom stereocenters. The molecule has 0 spiro atoms. The lowest BCUT2D eigenvalue weighted by molar-refractivity contribution is -0.162. The van der Waals surface area contributed by atoms with E-state index in [1.54, 1.807) is 20.8 Å². The topological polar surface area (TPSA) is 55.8 Å². The van der Waals surface area contributed by atoms with Crippen LogP contribution in [0.1, 0.15) is 27.2 Å². The summed E-state index contributed by atoms with van der Waals surface area (Å²) in [6.45, 7) is 5.87. The molecule has 0 aromatic carbocycles. The number of ether oxygens (including phenoxy) is 2. The number of hydrogen-bond donors (Lipinski definition) is 1. The summed E-state index contributed by atoms with van der Waals surface area (Å²) >= 11 is 0. The quantitative estimate of drug-likeness (QED) is 0.670. The molecule has 1 heterocycles. The van der Waals surface area contributed by atoms with Gasteiger partial charge >= 0.3 is 5.97 Å². The van der Waals surface area contributed by atoms with Gasteiger partial charge in [-0.15, -0.1) is 0 Å². The maximum atomic E-state index is 11.5. The fraction of sp³-hybridized carbons (Fsp3) is 0.900. The molecule has 2 unspecified atom stereocenters. The Balaban J connectivity index is 2.48. The number of aliphatic hydroxyl groups is 1. The SMILES string of the molecule is CC(C)(C)C(=O)OC1CCOC1CO. The van der Waals surface area contributed by atoms with Crippen LogP contribution in [0.5, 0.6) is 0 Å². The molecule has 0 amide bonds. The molecule has 0 aliphatic carbocycles. The zero-order chi connectivity index (χ0) is 10.8. The van der Waals surface area contributed by atoms with E-state index >= 15 is 0 Å². The third kappa shape index (κ3) is 2.69. The van der Waals surface area contributed by atoms with Crippen molar-refractivity contribution in [3.63, 3.8) is 0 Å². The minimum Gasteiger partial charge on any atom is -0.459 e. The minimum absolute atomic E-state index is 0.0951. The summed E-state index contributed by atoms with van der Waals surface area (Å²) in [7, 11) is 0. The summed E-state index contributed by atoms with van der Waals surface area (Å²) in [4.78, 5) is 11.5. The highest BCUT2D eigenvalue weighted by molar-refractivity contribution is 5.75. The molecule has 1 aliphatic heterocycles. The van der Waals surface area contributed by atoms with Gasteiger partial charge in [-0.05, 0) is 20.8 Å². The van der Waals surface area contributed by atoms with E-state index in [0.29, 0.717) is 13.0 Å². The van der Waals surface area contributed by atoms with E-state index < -0.39 is 5.41 Å². The zero-order valence-electron chi connectivity index (χ0n) is 8.95. The Kier molecular flexibility index (Phi) is 3.50. The second kappa shape index (κ2) is 4.28. The molecule has 1 rings (SSSR count). The number of carbonyl (C=O) groups is 1. The van der Waals surface area contributed by atoms with E-state index in [9.17, 15) is 4.79 Å². The van der Waals surface area contributed by atoms with Gasteiger partial charge in [-0.2, -0.15) is 0 Å². The number of rotatable bonds is 2. The van der Waals surface area contributed by atoms with Crippen molar-refractivity contribution in [3.05, 3.63) is 0 Å². The van der Waals surface area contributed by atoms with Gasteiger partial charge in [0.1, 0.15) is 12.2 Å². The van der Waals surface area contributed by atoms with Gasteiger partial charge in [0.15, 0.2) is 0 Å². The monoisotopic (exact) mass is 202 g/mol. The normalized spacial score (nSPS) is 27.7. The van der Waals surface area contributed by atoms with E-state index in [1.165, 1.54) is 0 Å². The molecule has 1 aliphatic rings. The number of carbonyl (C=O) groups excluding carboxylic acids is 1. The van der Waals surface area contributed by atoms with Crippen LogP contribution in [0.25, 0.3) is 0 Å².